The standard InChI is InChI=1S/C16H17N5O3/c1-16(2,15(23)24)21-9-11(8-19-21)20-13(22)6-10-7-18-14-12(10)4-3-5-17-14/h3-5,7-9H,6H2,1-2H3,(H,17,18)(H,20,22)(H,23,24). The number of hydrogen-bond donors (Lipinski definition) is 3. The molecule has 3 heterocycles. The van der Waals surface area contributed by atoms with Crippen molar-refractivity contribution in [3.05, 3.63) is 42.5 Å². The number of amides is 1. The predicted molar refractivity (Wildman–Crippen MR) is 87.6 cm³/mol. The van der Waals surface area contributed by atoms with E-state index in [9.17, 15) is 14.7 Å². The van der Waals surface area contributed by atoms with Crippen LogP contribution in [-0.2, 0) is 21.5 Å². The van der Waals surface area contributed by atoms with E-state index in [1.165, 1.54) is 30.9 Å². The number of aromatic amines is 1. The molecule has 0 aliphatic heterocycles. The highest BCUT2D eigenvalue weighted by atomic mass is 16.4. The van der Waals surface area contributed by atoms with Gasteiger partial charge >= 0.3 is 5.97 Å². The van der Waals surface area contributed by atoms with E-state index < -0.39 is 11.5 Å². The summed E-state index contributed by atoms with van der Waals surface area (Å²) in [6, 6.07) is 3.71. The zero-order valence-electron chi connectivity index (χ0n) is 13.3. The van der Waals surface area contributed by atoms with Crippen LogP contribution in [0.25, 0.3) is 11.0 Å². The summed E-state index contributed by atoms with van der Waals surface area (Å²) in [5.74, 6) is -1.22. The molecule has 3 aromatic heterocycles. The van der Waals surface area contributed by atoms with Crippen molar-refractivity contribution in [1.82, 2.24) is 19.7 Å². The highest BCUT2D eigenvalue weighted by Gasteiger charge is 2.30. The van der Waals surface area contributed by atoms with Crippen LogP contribution >= 0.6 is 0 Å². The van der Waals surface area contributed by atoms with Gasteiger partial charge in [-0.05, 0) is 31.5 Å². The molecule has 24 heavy (non-hydrogen) atoms. The second-order valence-electron chi connectivity index (χ2n) is 5.98. The van der Waals surface area contributed by atoms with E-state index in [4.69, 9.17) is 0 Å². The van der Waals surface area contributed by atoms with Crippen LogP contribution in [0, 0.1) is 0 Å². The van der Waals surface area contributed by atoms with Crippen LogP contribution < -0.4 is 5.32 Å². The first-order valence-electron chi connectivity index (χ1n) is 7.37. The second kappa shape index (κ2) is 5.80. The van der Waals surface area contributed by atoms with Gasteiger partial charge in [0.15, 0.2) is 5.54 Å². The Labute approximate surface area is 137 Å². The van der Waals surface area contributed by atoms with E-state index in [-0.39, 0.29) is 12.3 Å². The molecular formula is C16H17N5O3. The Kier molecular flexibility index (Phi) is 3.80. The number of carboxylic acid groups (broad SMARTS) is 1. The number of hydrogen-bond acceptors (Lipinski definition) is 4. The lowest BCUT2D eigenvalue weighted by atomic mass is 10.1. The van der Waals surface area contributed by atoms with Crippen LogP contribution in [0.15, 0.2) is 36.9 Å². The number of nitrogens with one attached hydrogen (secondary N) is 2. The first kappa shape index (κ1) is 15.7. The first-order chi connectivity index (χ1) is 11.4. The summed E-state index contributed by atoms with van der Waals surface area (Å²) >= 11 is 0. The lowest BCUT2D eigenvalue weighted by Crippen LogP contribution is -2.35. The Bertz CT molecular complexity index is 909. The van der Waals surface area contributed by atoms with Crippen LogP contribution in [-0.4, -0.2) is 36.7 Å². The molecule has 1 amide bonds. The SMILES string of the molecule is CC(C)(C(=O)O)n1cc(NC(=O)Cc2c[nH]c3ncccc23)cn1. The fourth-order valence-electron chi connectivity index (χ4n) is 2.33. The average Bonchev–Trinajstić information content (AvgIpc) is 3.15. The molecule has 8 nitrogen and oxygen atoms in total. The molecule has 0 aliphatic carbocycles. The van der Waals surface area contributed by atoms with Gasteiger partial charge in [-0.15, -0.1) is 0 Å². The fraction of sp³-hybridized carbons (Fsp3) is 0.250. The number of rotatable bonds is 5. The van der Waals surface area contributed by atoms with Gasteiger partial charge in [-0.3, -0.25) is 9.48 Å². The zero-order valence-corrected chi connectivity index (χ0v) is 13.3. The third kappa shape index (κ3) is 2.85. The minimum absolute atomic E-state index is 0.180. The van der Waals surface area contributed by atoms with Crippen LogP contribution in [0.5, 0.6) is 0 Å². The van der Waals surface area contributed by atoms with Gasteiger partial charge < -0.3 is 15.4 Å². The summed E-state index contributed by atoms with van der Waals surface area (Å²) in [5.41, 5.74) is 0.836. The zero-order chi connectivity index (χ0) is 17.3. The van der Waals surface area contributed by atoms with E-state index in [0.29, 0.717) is 5.69 Å². The molecule has 0 aliphatic rings. The molecule has 8 heteroatoms. The molecule has 0 saturated heterocycles. The topological polar surface area (TPSA) is 113 Å². The Morgan fingerprint density at radius 2 is 2.21 bits per heavy atom. The maximum absolute atomic E-state index is 12.2. The van der Waals surface area contributed by atoms with Crippen LogP contribution in [0.3, 0.4) is 0 Å². The monoisotopic (exact) mass is 327 g/mol. The number of H-pyrrole nitrogens is 1. The van der Waals surface area contributed by atoms with Crippen LogP contribution in [0.1, 0.15) is 19.4 Å². The van der Waals surface area contributed by atoms with Crippen molar-refractivity contribution in [3.63, 3.8) is 0 Å². The largest absolute Gasteiger partial charge is 0.479 e. The summed E-state index contributed by atoms with van der Waals surface area (Å²) in [4.78, 5) is 30.7. The van der Waals surface area contributed by atoms with Gasteiger partial charge in [-0.1, -0.05) is 0 Å². The van der Waals surface area contributed by atoms with Crippen molar-refractivity contribution in [2.75, 3.05) is 5.32 Å². The number of aromatic nitrogens is 4. The molecule has 0 fully saturated rings. The Balaban J connectivity index is 1.72. The van der Waals surface area contributed by atoms with Crippen LogP contribution in [0.4, 0.5) is 5.69 Å². The predicted octanol–water partition coefficient (Wildman–Crippen LogP) is 1.76. The minimum Gasteiger partial charge on any atom is -0.479 e. The number of carbonyl (C=O) groups excluding carboxylic acids is 1. The van der Waals surface area contributed by atoms with Gasteiger partial charge in [-0.2, -0.15) is 5.10 Å². The van der Waals surface area contributed by atoms with Crippen molar-refractivity contribution >= 4 is 28.6 Å². The van der Waals surface area contributed by atoms with Crippen molar-refractivity contribution in [2.45, 2.75) is 25.8 Å². The van der Waals surface area contributed by atoms with Gasteiger partial charge in [0.25, 0.3) is 0 Å². The van der Waals surface area contributed by atoms with Gasteiger partial charge in [0.1, 0.15) is 5.65 Å². The molecule has 3 rings (SSSR count). The molecular weight excluding hydrogens is 310 g/mol. The third-order valence-corrected chi connectivity index (χ3v) is 3.85. The number of carbonyl (C=O) groups is 2. The molecule has 0 spiro atoms. The van der Waals surface area contributed by atoms with Gasteiger partial charge in [0.05, 0.1) is 18.3 Å². The summed E-state index contributed by atoms with van der Waals surface area (Å²) in [6.45, 7) is 3.07. The number of anilines is 1. The average molecular weight is 327 g/mol. The third-order valence-electron chi connectivity index (χ3n) is 3.85. The van der Waals surface area contributed by atoms with E-state index in [0.717, 1.165) is 16.6 Å². The molecule has 124 valence electrons. The smallest absolute Gasteiger partial charge is 0.331 e. The fourth-order valence-corrected chi connectivity index (χ4v) is 2.33. The molecule has 0 aromatic carbocycles. The van der Waals surface area contributed by atoms with E-state index >= 15 is 0 Å². The summed E-state index contributed by atoms with van der Waals surface area (Å²) in [7, 11) is 0. The first-order valence-corrected chi connectivity index (χ1v) is 7.37. The van der Waals surface area contributed by atoms with E-state index in [1.807, 2.05) is 12.1 Å². The quantitative estimate of drug-likeness (QED) is 0.661. The molecule has 0 radical (unpaired) electrons. The molecule has 0 saturated carbocycles. The second-order valence-corrected chi connectivity index (χ2v) is 5.98. The van der Waals surface area contributed by atoms with Crippen molar-refractivity contribution in [2.24, 2.45) is 0 Å². The molecule has 3 aromatic rings. The number of carboxylic acids is 1. The van der Waals surface area contributed by atoms with Crippen molar-refractivity contribution in [3.8, 4) is 0 Å². The van der Waals surface area contributed by atoms with Gasteiger partial charge in [0.2, 0.25) is 5.91 Å². The number of aliphatic carboxylic acids is 1. The maximum atomic E-state index is 12.2. The van der Waals surface area contributed by atoms with Crippen LogP contribution in [0.2, 0.25) is 0 Å². The molecule has 0 bridgehead atoms. The Morgan fingerprint density at radius 1 is 1.42 bits per heavy atom. The van der Waals surface area contributed by atoms with E-state index in [1.54, 1.807) is 12.4 Å². The number of fused-ring (bicyclic) bond motifs is 1. The molecule has 0 unspecified atom stereocenters. The highest BCUT2D eigenvalue weighted by molar-refractivity contribution is 5.95. The lowest BCUT2D eigenvalue weighted by molar-refractivity contribution is -0.146. The summed E-state index contributed by atoms with van der Waals surface area (Å²) < 4.78 is 1.31. The highest BCUT2D eigenvalue weighted by Crippen LogP contribution is 2.19. The number of pyridine rings is 1. The summed E-state index contributed by atoms with van der Waals surface area (Å²) in [5, 5.41) is 16.8. The molecule has 3 N–H and O–H groups in total. The Hall–Kier alpha value is -3.16. The lowest BCUT2D eigenvalue weighted by Gasteiger charge is -2.19. The summed E-state index contributed by atoms with van der Waals surface area (Å²) in [6.07, 6.45) is 6.55. The van der Waals surface area contributed by atoms with Gasteiger partial charge in [-0.25, -0.2) is 9.78 Å². The Morgan fingerprint density at radius 3 is 2.96 bits per heavy atom. The van der Waals surface area contributed by atoms with E-state index in [2.05, 4.69) is 20.4 Å². The normalized spacial score (nSPS) is 11.6. The number of nitrogens with zero attached hydrogens (tertiary/aromatic N) is 3. The van der Waals surface area contributed by atoms with Crippen molar-refractivity contribution in [1.29, 1.82) is 0 Å². The molecule has 0 atom stereocenters. The maximum Gasteiger partial charge on any atom is 0.331 e. The van der Waals surface area contributed by atoms with Gasteiger partial charge in [0, 0.05) is 24.0 Å². The minimum atomic E-state index is -1.19. The van der Waals surface area contributed by atoms with Crippen molar-refractivity contribution < 1.29 is 14.7 Å².